The lowest BCUT2D eigenvalue weighted by molar-refractivity contribution is 0.139. The average molecular weight is 482 g/mol. The van der Waals surface area contributed by atoms with Crippen LogP contribution in [0.3, 0.4) is 0 Å². The number of ether oxygens (including phenoxy) is 1. The molecule has 0 bridgehead atoms. The first-order chi connectivity index (χ1) is 17.8. The van der Waals surface area contributed by atoms with Crippen molar-refractivity contribution in [1.82, 2.24) is 24.6 Å². The maximum atomic E-state index is 5.57. The van der Waals surface area contributed by atoms with Gasteiger partial charge in [0.05, 0.1) is 24.5 Å². The second kappa shape index (κ2) is 9.51. The zero-order chi connectivity index (χ0) is 24.5. The van der Waals surface area contributed by atoms with Gasteiger partial charge in [-0.25, -0.2) is 19.6 Å². The summed E-state index contributed by atoms with van der Waals surface area (Å²) in [5.74, 6) is 5.09. The Kier molecular flexibility index (Phi) is 6.06. The molecule has 2 atom stereocenters. The van der Waals surface area contributed by atoms with Crippen LogP contribution in [0.1, 0.15) is 37.2 Å². The van der Waals surface area contributed by atoms with E-state index in [4.69, 9.17) is 4.74 Å². The van der Waals surface area contributed by atoms with Gasteiger partial charge < -0.3 is 9.64 Å². The molecule has 36 heavy (non-hydrogen) atoms. The minimum Gasteiger partial charge on any atom is -0.380 e. The average Bonchev–Trinajstić information content (AvgIpc) is 3.92. The Morgan fingerprint density at radius 3 is 2.47 bits per heavy atom. The van der Waals surface area contributed by atoms with Crippen molar-refractivity contribution >= 4 is 22.6 Å². The second-order valence-corrected chi connectivity index (χ2v) is 10.2. The van der Waals surface area contributed by atoms with E-state index in [2.05, 4.69) is 72.8 Å². The highest BCUT2D eigenvalue weighted by Crippen LogP contribution is 2.75. The summed E-state index contributed by atoms with van der Waals surface area (Å²) in [6.45, 7) is 5.88. The van der Waals surface area contributed by atoms with Gasteiger partial charge in [0.2, 0.25) is 0 Å². The Hall–Kier alpha value is -3.50. The van der Waals surface area contributed by atoms with Gasteiger partial charge in [0.1, 0.15) is 12.1 Å². The first-order valence-electron chi connectivity index (χ1n) is 12.8. The van der Waals surface area contributed by atoms with Crippen LogP contribution in [0.4, 0.5) is 5.82 Å². The minimum atomic E-state index is 0.592. The highest BCUT2D eigenvalue weighted by Gasteiger charge is 2.62. The van der Waals surface area contributed by atoms with Crippen molar-refractivity contribution in [1.29, 1.82) is 0 Å². The van der Waals surface area contributed by atoms with Crippen LogP contribution in [0, 0.1) is 18.3 Å². The second-order valence-electron chi connectivity index (χ2n) is 10.2. The number of aromatic nitrogens is 4. The molecular weight excluding hydrogens is 450 g/mol. The number of fused-ring (bicyclic) bond motifs is 1. The quantitative estimate of drug-likeness (QED) is 0.532. The van der Waals surface area contributed by atoms with Crippen molar-refractivity contribution < 1.29 is 4.74 Å². The Morgan fingerprint density at radius 2 is 1.81 bits per heavy atom. The number of aliphatic imine (C=N–C) groups is 1. The summed E-state index contributed by atoms with van der Waals surface area (Å²) in [5, 5.41) is 5.84. The van der Waals surface area contributed by atoms with Crippen LogP contribution in [-0.2, 0) is 4.74 Å². The lowest BCUT2D eigenvalue weighted by Gasteiger charge is -2.38. The van der Waals surface area contributed by atoms with E-state index in [1.807, 2.05) is 10.9 Å². The lowest BCUT2D eigenvalue weighted by Crippen LogP contribution is -2.50. The summed E-state index contributed by atoms with van der Waals surface area (Å²) >= 11 is 0. The fraction of sp³-hybridized carbons (Fsp3) is 0.464. The molecule has 4 fully saturated rings. The lowest BCUT2D eigenvalue weighted by atomic mass is 10.1. The van der Waals surface area contributed by atoms with Gasteiger partial charge in [0, 0.05) is 56.2 Å². The van der Waals surface area contributed by atoms with Gasteiger partial charge in [-0.3, -0.25) is 4.90 Å². The molecule has 5 aliphatic rings. The third kappa shape index (κ3) is 4.54. The van der Waals surface area contributed by atoms with Crippen molar-refractivity contribution in [2.75, 3.05) is 44.3 Å². The molecule has 2 aromatic heterocycles. The van der Waals surface area contributed by atoms with Crippen LogP contribution in [0.25, 0.3) is 16.7 Å². The molecule has 0 radical (unpaired) electrons. The predicted molar refractivity (Wildman–Crippen MR) is 141 cm³/mol. The normalized spacial score (nSPS) is 24.7. The van der Waals surface area contributed by atoms with Gasteiger partial charge in [0.25, 0.3) is 0 Å². The molecule has 2 saturated heterocycles. The van der Waals surface area contributed by atoms with Gasteiger partial charge in [-0.1, -0.05) is 12.1 Å². The summed E-state index contributed by atoms with van der Waals surface area (Å²) in [6, 6.07) is 9.54. The van der Waals surface area contributed by atoms with Crippen LogP contribution in [-0.4, -0.2) is 76.0 Å². The smallest absolute Gasteiger partial charge is 0.159 e. The monoisotopic (exact) mass is 481 g/mol. The van der Waals surface area contributed by atoms with Crippen LogP contribution in [0.2, 0.25) is 0 Å². The maximum Gasteiger partial charge on any atom is 0.159 e. The number of hydrogen-bond acceptors (Lipinski definition) is 7. The van der Waals surface area contributed by atoms with Crippen LogP contribution < -0.4 is 4.90 Å². The molecule has 0 amide bonds. The van der Waals surface area contributed by atoms with E-state index in [-0.39, 0.29) is 0 Å². The number of terminal acetylenes is 1. The van der Waals surface area contributed by atoms with E-state index in [0.717, 1.165) is 68.9 Å². The van der Waals surface area contributed by atoms with E-state index >= 15 is 0 Å². The molecule has 0 N–H and O–H groups in total. The zero-order valence-corrected chi connectivity index (χ0v) is 20.5. The number of anilines is 1. The predicted octanol–water partition coefficient (Wildman–Crippen LogP) is 3.43. The molecule has 184 valence electrons. The Morgan fingerprint density at radius 1 is 1.03 bits per heavy atom. The molecule has 3 aromatic rings. The summed E-state index contributed by atoms with van der Waals surface area (Å²) in [4.78, 5) is 17.5. The Balaban J connectivity index is 0.000000440. The SMILES string of the molecule is C#C.C1=CN=1.c1nc(N2CCN([C@@H]3CCOC3)CC2)cc(-n2ncc3ccc([C@@H]4CC45CC5)cc32)n1. The van der Waals surface area contributed by atoms with E-state index < -0.39 is 0 Å². The molecule has 8 rings (SSSR count). The molecule has 8 nitrogen and oxygen atoms in total. The largest absolute Gasteiger partial charge is 0.380 e. The molecule has 0 unspecified atom stereocenters. The summed E-state index contributed by atoms with van der Waals surface area (Å²) in [6.07, 6.45) is 18.6. The summed E-state index contributed by atoms with van der Waals surface area (Å²) < 4.78 is 7.55. The standard InChI is InChI=1S/C24H28N6O.C2HN.C2H2/c1-2-18-14-27-30(21(18)11-17(1)20-13-24(20)4-5-24)23-12-22(25-16-26-23)29-8-6-28(7-9-29)19-3-10-31-15-19;1-2-3-1;1-2/h1-2,11-12,14,16,19-20H,3-10,13,15H2;1H;1-2H/t19-,20+;;/m1../s1. The molecule has 2 aliphatic carbocycles. The van der Waals surface area contributed by atoms with Crippen LogP contribution in [0.15, 0.2) is 48.0 Å². The minimum absolute atomic E-state index is 0.592. The van der Waals surface area contributed by atoms with Crippen molar-refractivity contribution in [3.05, 3.63) is 48.6 Å². The highest BCUT2D eigenvalue weighted by atomic mass is 16.5. The number of rotatable bonds is 4. The number of benzene rings is 1. The zero-order valence-electron chi connectivity index (χ0n) is 20.5. The van der Waals surface area contributed by atoms with Gasteiger partial charge >= 0.3 is 0 Å². The van der Waals surface area contributed by atoms with Gasteiger partial charge in [-0.05, 0) is 48.6 Å². The third-order valence-corrected chi connectivity index (χ3v) is 8.12. The molecule has 3 aliphatic heterocycles. The van der Waals surface area contributed by atoms with Crippen molar-refractivity contribution in [3.8, 4) is 18.7 Å². The van der Waals surface area contributed by atoms with Crippen molar-refractivity contribution in [2.24, 2.45) is 10.4 Å². The molecule has 8 heteroatoms. The van der Waals surface area contributed by atoms with E-state index in [9.17, 15) is 0 Å². The summed E-state index contributed by atoms with van der Waals surface area (Å²) in [5.41, 5.74) is 3.27. The topological polar surface area (TPSA) is 71.7 Å². The fourth-order valence-corrected chi connectivity index (χ4v) is 5.72. The number of piperazine rings is 1. The van der Waals surface area contributed by atoms with Crippen molar-refractivity contribution in [2.45, 2.75) is 37.6 Å². The van der Waals surface area contributed by atoms with Crippen molar-refractivity contribution in [3.63, 3.8) is 0 Å². The van der Waals surface area contributed by atoms with Crippen LogP contribution in [0.5, 0.6) is 0 Å². The molecular formula is C28H31N7O. The summed E-state index contributed by atoms with van der Waals surface area (Å²) in [7, 11) is 0. The number of nitrogens with zero attached hydrogens (tertiary/aromatic N) is 7. The Labute approximate surface area is 211 Å². The van der Waals surface area contributed by atoms with E-state index in [1.54, 1.807) is 12.5 Å². The first kappa shape index (κ1) is 22.9. The Bertz CT molecular complexity index is 1310. The van der Waals surface area contributed by atoms with Gasteiger partial charge in [-0.15, -0.1) is 12.8 Å². The van der Waals surface area contributed by atoms with Gasteiger partial charge in [0.15, 0.2) is 5.82 Å². The molecule has 5 heterocycles. The number of hydrogen-bond donors (Lipinski definition) is 0. The van der Waals surface area contributed by atoms with E-state index in [0.29, 0.717) is 11.5 Å². The van der Waals surface area contributed by atoms with E-state index in [1.165, 1.54) is 30.2 Å². The molecule has 1 spiro atoms. The molecule has 1 aromatic carbocycles. The molecule has 2 saturated carbocycles. The highest BCUT2D eigenvalue weighted by molar-refractivity contribution is 5.81. The van der Waals surface area contributed by atoms with Crippen LogP contribution >= 0.6 is 0 Å². The third-order valence-electron chi connectivity index (χ3n) is 8.12. The fourth-order valence-electron chi connectivity index (χ4n) is 5.72. The maximum absolute atomic E-state index is 5.57. The first-order valence-corrected chi connectivity index (χ1v) is 12.8. The van der Waals surface area contributed by atoms with Gasteiger partial charge in [-0.2, -0.15) is 5.10 Å².